The fraction of sp³-hybridized carbons (Fsp3) is 0.547. The van der Waals surface area contributed by atoms with Gasteiger partial charge >= 0.3 is 0 Å². The molecule has 0 heteroatoms. The maximum Gasteiger partial charge on any atom is 0.0215 e. The molecule has 0 nitrogen and oxygen atoms in total. The van der Waals surface area contributed by atoms with Crippen LogP contribution in [-0.4, -0.2) is 0 Å². The number of unbranched alkanes of at least 4 members (excludes halogenated alkanes) is 10. The Bertz CT molecular complexity index is 1620. The van der Waals surface area contributed by atoms with Crippen LogP contribution < -0.4 is 0 Å². The monoisotopic (exact) mass is 713 g/mol. The summed E-state index contributed by atoms with van der Waals surface area (Å²) in [5, 5.41) is 0. The zero-order chi connectivity index (χ0) is 38.4. The zero-order valence-electron chi connectivity index (χ0n) is 35.8. The molecule has 53 heavy (non-hydrogen) atoms. The van der Waals surface area contributed by atoms with Crippen LogP contribution in [-0.2, 0) is 5.41 Å². The van der Waals surface area contributed by atoms with Crippen LogP contribution in [0.3, 0.4) is 0 Å². The molecule has 0 fully saturated rings. The highest BCUT2D eigenvalue weighted by molar-refractivity contribution is 5.84. The molecule has 0 unspecified atom stereocenters. The number of rotatable bonds is 19. The Morgan fingerprint density at radius 3 is 1.32 bits per heavy atom. The third kappa shape index (κ3) is 11.0. The van der Waals surface area contributed by atoms with Crippen molar-refractivity contribution in [3.05, 3.63) is 118 Å². The third-order valence-electron chi connectivity index (χ3n) is 12.1. The summed E-state index contributed by atoms with van der Waals surface area (Å²) in [6, 6.07) is 32.9. The highest BCUT2D eigenvalue weighted by Gasteiger charge is 2.42. The minimum atomic E-state index is 0.149. The van der Waals surface area contributed by atoms with Crippen molar-refractivity contribution in [3.63, 3.8) is 0 Å². The average Bonchev–Trinajstić information content (AvgIpc) is 3.43. The summed E-state index contributed by atoms with van der Waals surface area (Å²) >= 11 is 0. The van der Waals surface area contributed by atoms with E-state index in [2.05, 4.69) is 154 Å². The van der Waals surface area contributed by atoms with Gasteiger partial charge in [0.25, 0.3) is 0 Å². The van der Waals surface area contributed by atoms with Crippen molar-refractivity contribution in [2.45, 2.75) is 188 Å². The Kier molecular flexibility index (Phi) is 17.0. The number of hydrogen-bond acceptors (Lipinski definition) is 0. The molecule has 0 saturated carbocycles. The van der Waals surface area contributed by atoms with Crippen LogP contribution in [0.2, 0.25) is 0 Å². The van der Waals surface area contributed by atoms with E-state index in [1.165, 1.54) is 134 Å². The van der Waals surface area contributed by atoms with Crippen molar-refractivity contribution >= 4 is 0 Å². The first kappa shape index (κ1) is 42.6. The van der Waals surface area contributed by atoms with Gasteiger partial charge < -0.3 is 0 Å². The summed E-state index contributed by atoms with van der Waals surface area (Å²) in [5.74, 6) is 2.37. The fourth-order valence-corrected chi connectivity index (χ4v) is 9.06. The molecule has 0 amide bonds. The van der Waals surface area contributed by atoms with Gasteiger partial charge in [-0.25, -0.2) is 0 Å². The van der Waals surface area contributed by atoms with Crippen LogP contribution >= 0.6 is 0 Å². The van der Waals surface area contributed by atoms with Gasteiger partial charge in [0.2, 0.25) is 0 Å². The summed E-state index contributed by atoms with van der Waals surface area (Å²) in [6.07, 6.45) is 18.9. The SMILES string of the molecule is CC(C)c1ccccc1C(C)C.CCCCCCCCC1(CCCCCCCC)c2ccccc2-c2ccc(-c3ccc(C(C)C)c(C(C)C)c3)cc21. The van der Waals surface area contributed by atoms with E-state index >= 15 is 0 Å². The second-order valence-corrected chi connectivity index (χ2v) is 17.5. The Morgan fingerprint density at radius 2 is 0.792 bits per heavy atom. The molecule has 1 aliphatic rings. The van der Waals surface area contributed by atoms with Crippen molar-refractivity contribution in [1.29, 1.82) is 0 Å². The molecule has 0 aliphatic heterocycles. The smallest absolute Gasteiger partial charge is 0.0215 e. The van der Waals surface area contributed by atoms with Crippen LogP contribution in [0.15, 0.2) is 84.9 Å². The summed E-state index contributed by atoms with van der Waals surface area (Å²) in [4.78, 5) is 0. The molecule has 0 atom stereocenters. The molecule has 0 heterocycles. The van der Waals surface area contributed by atoms with Gasteiger partial charge in [-0.2, -0.15) is 0 Å². The first-order valence-electron chi connectivity index (χ1n) is 22.0. The average molecular weight is 713 g/mol. The van der Waals surface area contributed by atoms with Gasteiger partial charge in [-0.15, -0.1) is 0 Å². The molecular weight excluding hydrogens is 637 g/mol. The molecule has 0 radical (unpaired) electrons. The standard InChI is InChI=1S/C41H58.C12H18/c1-7-9-11-13-15-19-27-41(28-20-16-14-12-10-8-2)39-22-18-17-21-36(39)37-26-24-34(30-40(37)41)33-23-25-35(31(3)4)38(29-33)32(5)6;1-9(2)11-7-5-6-8-12(11)10(3)4/h17-18,21-26,29-32H,7-16,19-20,27-28H2,1-6H3;5-10H,1-4H3. The topological polar surface area (TPSA) is 0 Å². The quantitative estimate of drug-likeness (QED) is 0.0849. The van der Waals surface area contributed by atoms with E-state index < -0.39 is 0 Å². The van der Waals surface area contributed by atoms with Crippen LogP contribution in [0, 0.1) is 0 Å². The molecule has 0 bridgehead atoms. The zero-order valence-corrected chi connectivity index (χ0v) is 35.8. The van der Waals surface area contributed by atoms with Crippen molar-refractivity contribution in [3.8, 4) is 22.3 Å². The van der Waals surface area contributed by atoms with Crippen molar-refractivity contribution < 1.29 is 0 Å². The highest BCUT2D eigenvalue weighted by Crippen LogP contribution is 2.55. The van der Waals surface area contributed by atoms with Gasteiger partial charge in [0, 0.05) is 5.41 Å². The molecule has 4 aromatic carbocycles. The largest absolute Gasteiger partial charge is 0.0654 e. The summed E-state index contributed by atoms with van der Waals surface area (Å²) in [6.45, 7) is 23.0. The van der Waals surface area contributed by atoms with E-state index in [4.69, 9.17) is 0 Å². The Morgan fingerprint density at radius 1 is 0.377 bits per heavy atom. The van der Waals surface area contributed by atoms with E-state index in [0.29, 0.717) is 23.7 Å². The minimum Gasteiger partial charge on any atom is -0.0654 e. The second-order valence-electron chi connectivity index (χ2n) is 17.5. The number of hydrogen-bond donors (Lipinski definition) is 0. The summed E-state index contributed by atoms with van der Waals surface area (Å²) < 4.78 is 0. The lowest BCUT2D eigenvalue weighted by atomic mass is 9.70. The molecular formula is C53H76. The van der Waals surface area contributed by atoms with Gasteiger partial charge in [0.15, 0.2) is 0 Å². The van der Waals surface area contributed by atoms with E-state index in [0.717, 1.165) is 0 Å². The minimum absolute atomic E-state index is 0.149. The molecule has 5 rings (SSSR count). The maximum atomic E-state index is 2.61. The van der Waals surface area contributed by atoms with Crippen molar-refractivity contribution in [2.75, 3.05) is 0 Å². The first-order chi connectivity index (χ1) is 25.5. The van der Waals surface area contributed by atoms with Gasteiger partial charge in [0.1, 0.15) is 0 Å². The Labute approximate surface area is 327 Å². The van der Waals surface area contributed by atoms with Crippen LogP contribution in [0.5, 0.6) is 0 Å². The molecule has 288 valence electrons. The van der Waals surface area contributed by atoms with Crippen LogP contribution in [0.4, 0.5) is 0 Å². The van der Waals surface area contributed by atoms with E-state index in [1.54, 1.807) is 11.1 Å². The van der Waals surface area contributed by atoms with Crippen LogP contribution in [0.1, 0.15) is 216 Å². The van der Waals surface area contributed by atoms with E-state index in [1.807, 2.05) is 0 Å². The fourth-order valence-electron chi connectivity index (χ4n) is 9.06. The van der Waals surface area contributed by atoms with Crippen molar-refractivity contribution in [2.24, 2.45) is 0 Å². The maximum absolute atomic E-state index is 2.61. The predicted molar refractivity (Wildman–Crippen MR) is 237 cm³/mol. The lowest BCUT2D eigenvalue weighted by molar-refractivity contribution is 0.398. The molecule has 0 saturated heterocycles. The lowest BCUT2D eigenvalue weighted by Gasteiger charge is -2.33. The van der Waals surface area contributed by atoms with Gasteiger partial charge in [-0.1, -0.05) is 225 Å². The Balaban J connectivity index is 0.000000443. The van der Waals surface area contributed by atoms with E-state index in [-0.39, 0.29) is 5.41 Å². The second kappa shape index (κ2) is 21.1. The molecule has 0 aromatic heterocycles. The lowest BCUT2D eigenvalue weighted by Crippen LogP contribution is -2.25. The Hall–Kier alpha value is -3.12. The van der Waals surface area contributed by atoms with E-state index in [9.17, 15) is 0 Å². The highest BCUT2D eigenvalue weighted by atomic mass is 14.4. The van der Waals surface area contributed by atoms with Crippen LogP contribution in [0.25, 0.3) is 22.3 Å². The molecule has 0 N–H and O–H groups in total. The molecule has 1 aliphatic carbocycles. The third-order valence-corrected chi connectivity index (χ3v) is 12.1. The molecule has 0 spiro atoms. The number of fused-ring (bicyclic) bond motifs is 3. The number of benzene rings is 4. The summed E-state index contributed by atoms with van der Waals surface area (Å²) in [5.41, 5.74) is 15.1. The normalized spacial score (nSPS) is 13.1. The van der Waals surface area contributed by atoms with Gasteiger partial charge in [0.05, 0.1) is 0 Å². The summed E-state index contributed by atoms with van der Waals surface area (Å²) in [7, 11) is 0. The predicted octanol–water partition coefficient (Wildman–Crippen LogP) is 17.3. The molecule has 4 aromatic rings. The first-order valence-corrected chi connectivity index (χ1v) is 22.0. The van der Waals surface area contributed by atoms with Gasteiger partial charge in [-0.3, -0.25) is 0 Å². The van der Waals surface area contributed by atoms with Crippen molar-refractivity contribution in [1.82, 2.24) is 0 Å². The van der Waals surface area contributed by atoms with Gasteiger partial charge in [-0.05, 0) is 98.2 Å².